The summed E-state index contributed by atoms with van der Waals surface area (Å²) in [6, 6.07) is 7.98. The minimum atomic E-state index is 0.547. The van der Waals surface area contributed by atoms with Crippen molar-refractivity contribution in [1.82, 2.24) is 0 Å². The normalized spacial score (nSPS) is 15.6. The second-order valence-electron chi connectivity index (χ2n) is 3.69. The van der Waals surface area contributed by atoms with E-state index in [0.717, 1.165) is 11.4 Å². The zero-order valence-corrected chi connectivity index (χ0v) is 7.96. The molecular formula is C11H13N3. The van der Waals surface area contributed by atoms with Crippen LogP contribution in [0.3, 0.4) is 0 Å². The molecule has 0 radical (unpaired) electrons. The van der Waals surface area contributed by atoms with Gasteiger partial charge in [0.2, 0.25) is 0 Å². The molecule has 0 heterocycles. The summed E-state index contributed by atoms with van der Waals surface area (Å²) in [5, 5.41) is 12.1. The average Bonchev–Trinajstić information content (AvgIpc) is 2.14. The molecule has 1 aliphatic rings. The summed E-state index contributed by atoms with van der Waals surface area (Å²) in [6.07, 6.45) is 3.70. The van der Waals surface area contributed by atoms with Crippen molar-refractivity contribution in [2.24, 2.45) is 0 Å². The zero-order valence-electron chi connectivity index (χ0n) is 7.96. The Bertz CT molecular complexity index is 375. The van der Waals surface area contributed by atoms with Crippen molar-refractivity contribution >= 4 is 11.4 Å². The van der Waals surface area contributed by atoms with Crippen LogP contribution in [0.25, 0.3) is 0 Å². The van der Waals surface area contributed by atoms with E-state index >= 15 is 0 Å². The fraction of sp³-hybridized carbons (Fsp3) is 0.364. The van der Waals surface area contributed by atoms with Gasteiger partial charge < -0.3 is 11.1 Å². The number of hydrogen-bond acceptors (Lipinski definition) is 3. The molecule has 3 nitrogen and oxygen atoms in total. The van der Waals surface area contributed by atoms with Crippen molar-refractivity contribution in [1.29, 1.82) is 5.26 Å². The number of anilines is 2. The maximum absolute atomic E-state index is 8.74. The van der Waals surface area contributed by atoms with Gasteiger partial charge in [-0.15, -0.1) is 0 Å². The van der Waals surface area contributed by atoms with Gasteiger partial charge in [-0.2, -0.15) is 5.26 Å². The maximum atomic E-state index is 8.74. The van der Waals surface area contributed by atoms with Gasteiger partial charge in [-0.05, 0) is 37.5 Å². The van der Waals surface area contributed by atoms with E-state index in [9.17, 15) is 0 Å². The van der Waals surface area contributed by atoms with Crippen molar-refractivity contribution in [3.63, 3.8) is 0 Å². The Morgan fingerprint density at radius 3 is 2.79 bits per heavy atom. The van der Waals surface area contributed by atoms with E-state index in [0.29, 0.717) is 11.6 Å². The molecule has 0 unspecified atom stereocenters. The average molecular weight is 187 g/mol. The van der Waals surface area contributed by atoms with Crippen LogP contribution in [0.5, 0.6) is 0 Å². The number of nitrogens with one attached hydrogen (secondary N) is 1. The van der Waals surface area contributed by atoms with Gasteiger partial charge in [0.15, 0.2) is 0 Å². The third-order valence-corrected chi connectivity index (χ3v) is 2.65. The quantitative estimate of drug-likeness (QED) is 0.697. The van der Waals surface area contributed by atoms with Crippen LogP contribution in [0.1, 0.15) is 24.8 Å². The van der Waals surface area contributed by atoms with Crippen molar-refractivity contribution < 1.29 is 0 Å². The van der Waals surface area contributed by atoms with E-state index in [1.165, 1.54) is 19.3 Å². The Labute approximate surface area is 83.5 Å². The Hall–Kier alpha value is -1.69. The molecule has 3 N–H and O–H groups in total. The zero-order chi connectivity index (χ0) is 9.97. The summed E-state index contributed by atoms with van der Waals surface area (Å²) in [6.45, 7) is 0. The highest BCUT2D eigenvalue weighted by molar-refractivity contribution is 5.68. The molecular weight excluding hydrogens is 174 g/mol. The first-order valence-corrected chi connectivity index (χ1v) is 4.86. The Morgan fingerprint density at radius 2 is 2.21 bits per heavy atom. The first-order chi connectivity index (χ1) is 6.79. The summed E-state index contributed by atoms with van der Waals surface area (Å²) in [4.78, 5) is 0. The van der Waals surface area contributed by atoms with Gasteiger partial charge >= 0.3 is 0 Å². The van der Waals surface area contributed by atoms with Gasteiger partial charge in [0, 0.05) is 6.04 Å². The lowest BCUT2D eigenvalue weighted by Crippen LogP contribution is -2.27. The third-order valence-electron chi connectivity index (χ3n) is 2.65. The van der Waals surface area contributed by atoms with E-state index in [1.807, 2.05) is 6.07 Å². The van der Waals surface area contributed by atoms with E-state index < -0.39 is 0 Å². The lowest BCUT2D eigenvalue weighted by Gasteiger charge is -2.28. The molecule has 0 aliphatic heterocycles. The van der Waals surface area contributed by atoms with Gasteiger partial charge in [0.1, 0.15) is 0 Å². The second kappa shape index (κ2) is 3.59. The van der Waals surface area contributed by atoms with Crippen LogP contribution in [-0.2, 0) is 0 Å². The standard InChI is InChI=1S/C11H13N3/c12-7-8-4-5-10(13)11(6-8)14-9-2-1-3-9/h4-6,9,14H,1-3,13H2. The molecule has 0 amide bonds. The Morgan fingerprint density at radius 1 is 1.43 bits per heavy atom. The van der Waals surface area contributed by atoms with Crippen LogP contribution in [0.4, 0.5) is 11.4 Å². The summed E-state index contributed by atoms with van der Waals surface area (Å²) in [5.74, 6) is 0. The summed E-state index contributed by atoms with van der Waals surface area (Å²) in [7, 11) is 0. The van der Waals surface area contributed by atoms with Crippen molar-refractivity contribution in [2.45, 2.75) is 25.3 Å². The summed E-state index contributed by atoms with van der Waals surface area (Å²) < 4.78 is 0. The maximum Gasteiger partial charge on any atom is 0.0992 e. The molecule has 3 heteroatoms. The molecule has 0 bridgehead atoms. The van der Waals surface area contributed by atoms with Gasteiger partial charge in [-0.1, -0.05) is 0 Å². The predicted molar refractivity (Wildman–Crippen MR) is 56.8 cm³/mol. The van der Waals surface area contributed by atoms with Crippen LogP contribution in [-0.4, -0.2) is 6.04 Å². The molecule has 2 rings (SSSR count). The van der Waals surface area contributed by atoms with Gasteiger partial charge in [-0.3, -0.25) is 0 Å². The highest BCUT2D eigenvalue weighted by Gasteiger charge is 2.17. The molecule has 1 aromatic rings. The van der Waals surface area contributed by atoms with E-state index in [-0.39, 0.29) is 0 Å². The summed E-state index contributed by atoms with van der Waals surface area (Å²) in [5.41, 5.74) is 8.07. The number of nitriles is 1. The van der Waals surface area contributed by atoms with Crippen LogP contribution in [0.2, 0.25) is 0 Å². The minimum Gasteiger partial charge on any atom is -0.397 e. The van der Waals surface area contributed by atoms with Gasteiger partial charge in [-0.25, -0.2) is 0 Å². The van der Waals surface area contributed by atoms with Crippen LogP contribution in [0, 0.1) is 11.3 Å². The number of hydrogen-bond donors (Lipinski definition) is 2. The largest absolute Gasteiger partial charge is 0.397 e. The second-order valence-corrected chi connectivity index (χ2v) is 3.69. The number of rotatable bonds is 2. The Balaban J connectivity index is 2.18. The smallest absolute Gasteiger partial charge is 0.0992 e. The number of nitrogens with two attached hydrogens (primary N) is 1. The van der Waals surface area contributed by atoms with Crippen molar-refractivity contribution in [3.8, 4) is 6.07 Å². The summed E-state index contributed by atoms with van der Waals surface area (Å²) >= 11 is 0. The monoisotopic (exact) mass is 187 g/mol. The molecule has 72 valence electrons. The number of nitrogen functional groups attached to an aromatic ring is 1. The van der Waals surface area contributed by atoms with E-state index in [1.54, 1.807) is 12.1 Å². The first kappa shape index (κ1) is 8.89. The lowest BCUT2D eigenvalue weighted by molar-refractivity contribution is 0.446. The molecule has 1 aliphatic carbocycles. The molecule has 1 aromatic carbocycles. The van der Waals surface area contributed by atoms with Crippen LogP contribution >= 0.6 is 0 Å². The predicted octanol–water partition coefficient (Wildman–Crippen LogP) is 2.10. The third kappa shape index (κ3) is 1.64. The Kier molecular flexibility index (Phi) is 2.28. The SMILES string of the molecule is N#Cc1ccc(N)c(NC2CCC2)c1. The van der Waals surface area contributed by atoms with Crippen LogP contribution in [0.15, 0.2) is 18.2 Å². The molecule has 14 heavy (non-hydrogen) atoms. The lowest BCUT2D eigenvalue weighted by atomic mass is 9.93. The van der Waals surface area contributed by atoms with Gasteiger partial charge in [0.05, 0.1) is 23.0 Å². The van der Waals surface area contributed by atoms with Crippen LogP contribution < -0.4 is 11.1 Å². The minimum absolute atomic E-state index is 0.547. The molecule has 0 atom stereocenters. The van der Waals surface area contributed by atoms with Gasteiger partial charge in [0.25, 0.3) is 0 Å². The number of nitrogens with zero attached hydrogens (tertiary/aromatic N) is 1. The molecule has 1 fully saturated rings. The highest BCUT2D eigenvalue weighted by Crippen LogP contribution is 2.27. The fourth-order valence-electron chi connectivity index (χ4n) is 1.52. The molecule has 0 spiro atoms. The van der Waals surface area contributed by atoms with E-state index in [2.05, 4.69) is 11.4 Å². The molecule has 0 saturated heterocycles. The first-order valence-electron chi connectivity index (χ1n) is 4.86. The molecule has 1 saturated carbocycles. The van der Waals surface area contributed by atoms with Crippen molar-refractivity contribution in [2.75, 3.05) is 11.1 Å². The highest BCUT2D eigenvalue weighted by atomic mass is 14.9. The van der Waals surface area contributed by atoms with E-state index in [4.69, 9.17) is 11.0 Å². The topological polar surface area (TPSA) is 61.8 Å². The fourth-order valence-corrected chi connectivity index (χ4v) is 1.52. The van der Waals surface area contributed by atoms with Crippen molar-refractivity contribution in [3.05, 3.63) is 23.8 Å². The molecule has 0 aromatic heterocycles. The number of benzene rings is 1.